The van der Waals surface area contributed by atoms with Crippen molar-refractivity contribution in [3.05, 3.63) is 59.2 Å². The average Bonchev–Trinajstić information content (AvgIpc) is 2.75. The second kappa shape index (κ2) is 12.7. The minimum atomic E-state index is -1.32. The van der Waals surface area contributed by atoms with Crippen molar-refractivity contribution in [3.63, 3.8) is 0 Å². The van der Waals surface area contributed by atoms with Crippen LogP contribution in [0, 0.1) is 5.92 Å². The second-order valence-corrected chi connectivity index (χ2v) is 6.80. The highest BCUT2D eigenvalue weighted by Crippen LogP contribution is 2.23. The van der Waals surface area contributed by atoms with Crippen LogP contribution in [0.3, 0.4) is 0 Å². The lowest BCUT2D eigenvalue weighted by Gasteiger charge is -2.21. The highest BCUT2D eigenvalue weighted by Gasteiger charge is 2.33. The third-order valence-corrected chi connectivity index (χ3v) is 4.44. The smallest absolute Gasteiger partial charge is 0.336 e. The molecule has 0 radical (unpaired) electrons. The van der Waals surface area contributed by atoms with E-state index >= 15 is 0 Å². The van der Waals surface area contributed by atoms with Gasteiger partial charge < -0.3 is 25.5 Å². The molecule has 0 spiro atoms. The predicted octanol–water partition coefficient (Wildman–Crippen LogP) is 1.41. The molecule has 0 saturated carbocycles. The van der Waals surface area contributed by atoms with Gasteiger partial charge in [-0.1, -0.05) is 36.4 Å². The largest absolute Gasteiger partial charge is 0.481 e. The van der Waals surface area contributed by atoms with Gasteiger partial charge in [-0.25, -0.2) is 4.79 Å². The molecule has 0 saturated heterocycles. The number of aliphatic carboxylic acids is 3. The summed E-state index contributed by atoms with van der Waals surface area (Å²) < 4.78 is 0. The van der Waals surface area contributed by atoms with Crippen LogP contribution < -0.4 is 0 Å². The number of carbonyl (C=O) groups is 6. The Morgan fingerprint density at radius 2 is 1.24 bits per heavy atom. The van der Waals surface area contributed by atoms with Gasteiger partial charge in [0.25, 0.3) is 0 Å². The number of carboxylic acid groups (broad SMARTS) is 4. The van der Waals surface area contributed by atoms with Crippen LogP contribution in [0.4, 0.5) is 0 Å². The molecule has 2 rings (SSSR count). The molecular weight excluding hydrogens is 440 g/mol. The van der Waals surface area contributed by atoms with Gasteiger partial charge in [0.2, 0.25) is 0 Å². The number of Topliss-reactive ketones (excluding diaryl/α,β-unsaturated/α-hetero) is 2. The maximum absolute atomic E-state index is 11.6. The van der Waals surface area contributed by atoms with Crippen LogP contribution in [0.25, 0.3) is 0 Å². The molecule has 1 aliphatic carbocycles. The average molecular weight is 462 g/mol. The number of aliphatic hydroxyl groups excluding tert-OH is 1. The van der Waals surface area contributed by atoms with Gasteiger partial charge in [0.05, 0.1) is 24.5 Å². The number of aromatic carboxylic acids is 1. The Labute approximate surface area is 187 Å². The molecule has 176 valence electrons. The van der Waals surface area contributed by atoms with E-state index in [1.165, 1.54) is 36.4 Å². The standard InChI is InChI=1S/C11H12O6.C11H10O5/c12-7(4-5-9(14)15)6-2-1-3-8(13)10(6)11(16)17;12-9(5-6-10(13)14)7-3-1-2-4-8(7)11(15)16/h1-3,8,10,13H,4-5H2,(H,14,15)(H,16,17);1-4H,5-6H2,(H,13,14)(H,15,16)/t8-,10?;/m1./s1. The number of hydrogen-bond acceptors (Lipinski definition) is 7. The Morgan fingerprint density at radius 1 is 0.727 bits per heavy atom. The quantitative estimate of drug-likeness (QED) is 0.314. The molecule has 1 aliphatic rings. The fourth-order valence-corrected chi connectivity index (χ4v) is 2.85. The van der Waals surface area contributed by atoms with Crippen molar-refractivity contribution in [2.75, 3.05) is 0 Å². The van der Waals surface area contributed by atoms with Crippen LogP contribution in [0.15, 0.2) is 48.1 Å². The van der Waals surface area contributed by atoms with Gasteiger partial charge in [-0.15, -0.1) is 0 Å². The summed E-state index contributed by atoms with van der Waals surface area (Å²) >= 11 is 0. The Bertz CT molecular complexity index is 1000. The zero-order valence-corrected chi connectivity index (χ0v) is 17.2. The Morgan fingerprint density at radius 3 is 1.73 bits per heavy atom. The molecule has 0 fully saturated rings. The number of ketones is 2. The summed E-state index contributed by atoms with van der Waals surface area (Å²) in [5, 5.41) is 44.0. The van der Waals surface area contributed by atoms with E-state index in [4.69, 9.17) is 20.4 Å². The first-order valence-electron chi connectivity index (χ1n) is 9.57. The van der Waals surface area contributed by atoms with Crippen LogP contribution in [-0.4, -0.2) is 67.1 Å². The molecule has 1 aromatic rings. The van der Waals surface area contributed by atoms with Crippen LogP contribution in [-0.2, 0) is 19.2 Å². The molecule has 0 aromatic heterocycles. The highest BCUT2D eigenvalue weighted by atomic mass is 16.4. The molecule has 11 nitrogen and oxygen atoms in total. The van der Waals surface area contributed by atoms with Crippen molar-refractivity contribution in [3.8, 4) is 0 Å². The predicted molar refractivity (Wildman–Crippen MR) is 111 cm³/mol. The van der Waals surface area contributed by atoms with Gasteiger partial charge in [0.1, 0.15) is 5.92 Å². The normalized spacial score (nSPS) is 16.6. The molecule has 0 bridgehead atoms. The maximum atomic E-state index is 11.6. The molecule has 5 N–H and O–H groups in total. The summed E-state index contributed by atoms with van der Waals surface area (Å²) in [5.41, 5.74) is -0.108. The summed E-state index contributed by atoms with van der Waals surface area (Å²) in [6.45, 7) is 0. The summed E-state index contributed by atoms with van der Waals surface area (Å²) in [6, 6.07) is 5.75. The van der Waals surface area contributed by atoms with Gasteiger partial charge in [-0.3, -0.25) is 24.0 Å². The fraction of sp³-hybridized carbons (Fsp3) is 0.273. The van der Waals surface area contributed by atoms with Crippen LogP contribution in [0.1, 0.15) is 46.4 Å². The van der Waals surface area contributed by atoms with E-state index in [1.807, 2.05) is 0 Å². The first kappa shape index (κ1) is 26.9. The number of rotatable bonds is 10. The van der Waals surface area contributed by atoms with Gasteiger partial charge in [-0.2, -0.15) is 0 Å². The number of allylic oxidation sites excluding steroid dienone is 2. The third kappa shape index (κ3) is 8.50. The highest BCUT2D eigenvalue weighted by molar-refractivity contribution is 6.06. The van der Waals surface area contributed by atoms with E-state index in [0.29, 0.717) is 0 Å². The lowest BCUT2D eigenvalue weighted by molar-refractivity contribution is -0.144. The summed E-state index contributed by atoms with van der Waals surface area (Å²) in [7, 11) is 0. The van der Waals surface area contributed by atoms with Gasteiger partial charge in [-0.05, 0) is 6.07 Å². The molecule has 1 unspecified atom stereocenters. The molecular formula is C22H22O11. The van der Waals surface area contributed by atoms with Crippen molar-refractivity contribution >= 4 is 35.4 Å². The molecule has 0 amide bonds. The van der Waals surface area contributed by atoms with E-state index in [-0.39, 0.29) is 42.4 Å². The molecule has 1 aromatic carbocycles. The Hall–Kier alpha value is -4.12. The maximum Gasteiger partial charge on any atom is 0.336 e. The number of aliphatic hydroxyl groups is 1. The zero-order chi connectivity index (χ0) is 25.1. The Balaban J connectivity index is 0.000000331. The summed E-state index contributed by atoms with van der Waals surface area (Å²) in [4.78, 5) is 65.5. The molecule has 2 atom stereocenters. The molecule has 33 heavy (non-hydrogen) atoms. The third-order valence-electron chi connectivity index (χ3n) is 4.44. The van der Waals surface area contributed by atoms with E-state index in [0.717, 1.165) is 0 Å². The van der Waals surface area contributed by atoms with Crippen LogP contribution in [0.5, 0.6) is 0 Å². The van der Waals surface area contributed by atoms with Crippen molar-refractivity contribution in [1.29, 1.82) is 0 Å². The minimum Gasteiger partial charge on any atom is -0.481 e. The van der Waals surface area contributed by atoms with Crippen LogP contribution >= 0.6 is 0 Å². The molecule has 11 heteroatoms. The van der Waals surface area contributed by atoms with Crippen molar-refractivity contribution in [1.82, 2.24) is 0 Å². The number of carbonyl (C=O) groups excluding carboxylic acids is 2. The van der Waals surface area contributed by atoms with Gasteiger partial charge in [0.15, 0.2) is 11.6 Å². The zero-order valence-electron chi connectivity index (χ0n) is 17.2. The second-order valence-electron chi connectivity index (χ2n) is 6.80. The SMILES string of the molecule is O=C(O)CCC(=O)C1=CC=C[C@@H](O)C1C(=O)O.O=C(O)CCC(=O)c1ccccc1C(=O)O. The van der Waals surface area contributed by atoms with Gasteiger partial charge in [0, 0.05) is 24.0 Å². The van der Waals surface area contributed by atoms with Crippen molar-refractivity contribution in [2.45, 2.75) is 31.8 Å². The monoisotopic (exact) mass is 462 g/mol. The summed E-state index contributed by atoms with van der Waals surface area (Å²) in [6.07, 6.45) is 1.57. The van der Waals surface area contributed by atoms with E-state index in [9.17, 15) is 33.9 Å². The first-order valence-corrected chi connectivity index (χ1v) is 9.57. The molecule has 0 heterocycles. The lowest BCUT2D eigenvalue weighted by atomic mass is 9.85. The number of benzene rings is 1. The van der Waals surface area contributed by atoms with E-state index in [1.54, 1.807) is 6.07 Å². The van der Waals surface area contributed by atoms with E-state index < -0.39 is 47.5 Å². The van der Waals surface area contributed by atoms with Crippen molar-refractivity contribution in [2.24, 2.45) is 5.92 Å². The van der Waals surface area contributed by atoms with Crippen LogP contribution in [0.2, 0.25) is 0 Å². The number of hydrogen-bond donors (Lipinski definition) is 5. The topological polar surface area (TPSA) is 204 Å². The van der Waals surface area contributed by atoms with Gasteiger partial charge >= 0.3 is 23.9 Å². The summed E-state index contributed by atoms with van der Waals surface area (Å²) in [5.74, 6) is -7.07. The molecule has 0 aliphatic heterocycles. The van der Waals surface area contributed by atoms with E-state index in [2.05, 4.69) is 0 Å². The Kier molecular flexibility index (Phi) is 10.3. The minimum absolute atomic E-state index is 0.0521. The fourth-order valence-electron chi connectivity index (χ4n) is 2.85. The number of carboxylic acids is 4. The first-order chi connectivity index (χ1) is 15.5. The van der Waals surface area contributed by atoms with Crippen molar-refractivity contribution < 1.29 is 54.3 Å². The lowest BCUT2D eigenvalue weighted by Crippen LogP contribution is -2.33.